The summed E-state index contributed by atoms with van der Waals surface area (Å²) in [6.45, 7) is 1.78. The molecule has 118 valence electrons. The quantitative estimate of drug-likeness (QED) is 0.911. The SMILES string of the molecule is Cc1cc(NC(=O)C2CC2)ncc1NC(=O)c1ccccc1F. The van der Waals surface area contributed by atoms with E-state index in [4.69, 9.17) is 0 Å². The summed E-state index contributed by atoms with van der Waals surface area (Å²) in [5.74, 6) is -0.604. The molecule has 1 aromatic heterocycles. The second kappa shape index (κ2) is 6.16. The van der Waals surface area contributed by atoms with Crippen LogP contribution in [0.2, 0.25) is 0 Å². The number of amides is 2. The van der Waals surface area contributed by atoms with Gasteiger partial charge in [0.25, 0.3) is 5.91 Å². The Hall–Kier alpha value is -2.76. The summed E-state index contributed by atoms with van der Waals surface area (Å²) in [6, 6.07) is 7.45. The van der Waals surface area contributed by atoms with Crippen molar-refractivity contribution in [2.75, 3.05) is 10.6 Å². The van der Waals surface area contributed by atoms with Gasteiger partial charge in [-0.1, -0.05) is 12.1 Å². The first-order valence-corrected chi connectivity index (χ1v) is 7.38. The topological polar surface area (TPSA) is 71.1 Å². The molecule has 0 aliphatic heterocycles. The van der Waals surface area contributed by atoms with Crippen LogP contribution in [0.15, 0.2) is 36.5 Å². The maximum Gasteiger partial charge on any atom is 0.258 e. The molecule has 2 N–H and O–H groups in total. The number of nitrogens with zero attached hydrogens (tertiary/aromatic N) is 1. The highest BCUT2D eigenvalue weighted by molar-refractivity contribution is 6.04. The number of benzene rings is 1. The van der Waals surface area contributed by atoms with Gasteiger partial charge in [0.05, 0.1) is 17.4 Å². The van der Waals surface area contributed by atoms with E-state index in [1.807, 2.05) is 0 Å². The van der Waals surface area contributed by atoms with E-state index in [1.165, 1.54) is 24.4 Å². The summed E-state index contributed by atoms with van der Waals surface area (Å²) >= 11 is 0. The van der Waals surface area contributed by atoms with Gasteiger partial charge in [0.1, 0.15) is 11.6 Å². The normalized spacial score (nSPS) is 13.5. The first kappa shape index (κ1) is 15.1. The minimum absolute atomic E-state index is 0.0277. The van der Waals surface area contributed by atoms with Gasteiger partial charge in [-0.15, -0.1) is 0 Å². The molecule has 2 aromatic rings. The van der Waals surface area contributed by atoms with Crippen molar-refractivity contribution in [3.8, 4) is 0 Å². The predicted octanol–water partition coefficient (Wildman–Crippen LogP) is 3.13. The van der Waals surface area contributed by atoms with Crippen LogP contribution in [0, 0.1) is 18.7 Å². The number of hydrogen-bond acceptors (Lipinski definition) is 3. The van der Waals surface area contributed by atoms with Crippen LogP contribution in [0.3, 0.4) is 0 Å². The molecule has 3 rings (SSSR count). The lowest BCUT2D eigenvalue weighted by Gasteiger charge is -2.10. The number of anilines is 2. The van der Waals surface area contributed by atoms with Crippen LogP contribution in [0.1, 0.15) is 28.8 Å². The van der Waals surface area contributed by atoms with Gasteiger partial charge in [0.2, 0.25) is 5.91 Å². The highest BCUT2D eigenvalue weighted by atomic mass is 19.1. The molecular formula is C17H16FN3O2. The number of halogens is 1. The van der Waals surface area contributed by atoms with Crippen LogP contribution in [0.5, 0.6) is 0 Å². The highest BCUT2D eigenvalue weighted by Gasteiger charge is 2.29. The molecule has 1 fully saturated rings. The minimum atomic E-state index is -0.580. The Balaban J connectivity index is 1.72. The Morgan fingerprint density at radius 1 is 1.22 bits per heavy atom. The van der Waals surface area contributed by atoms with Crippen molar-refractivity contribution >= 4 is 23.3 Å². The lowest BCUT2D eigenvalue weighted by atomic mass is 10.2. The molecule has 1 aromatic carbocycles. The van der Waals surface area contributed by atoms with Crippen molar-refractivity contribution in [3.63, 3.8) is 0 Å². The maximum atomic E-state index is 13.6. The fourth-order valence-corrected chi connectivity index (χ4v) is 2.16. The van der Waals surface area contributed by atoms with E-state index in [0.717, 1.165) is 18.4 Å². The standard InChI is InChI=1S/C17H16FN3O2/c1-10-8-15(21-16(22)11-6-7-11)19-9-14(10)20-17(23)12-4-2-3-5-13(12)18/h2-5,8-9,11H,6-7H2,1H3,(H,20,23)(H,19,21,22). The van der Waals surface area contributed by atoms with Crippen molar-refractivity contribution < 1.29 is 14.0 Å². The minimum Gasteiger partial charge on any atom is -0.320 e. The Morgan fingerprint density at radius 3 is 2.61 bits per heavy atom. The van der Waals surface area contributed by atoms with Crippen molar-refractivity contribution in [3.05, 3.63) is 53.5 Å². The summed E-state index contributed by atoms with van der Waals surface area (Å²) in [7, 11) is 0. The molecule has 0 radical (unpaired) electrons. The Morgan fingerprint density at radius 2 is 1.96 bits per heavy atom. The zero-order chi connectivity index (χ0) is 16.4. The fourth-order valence-electron chi connectivity index (χ4n) is 2.16. The monoisotopic (exact) mass is 313 g/mol. The summed E-state index contributed by atoms with van der Waals surface area (Å²) in [5.41, 5.74) is 1.18. The zero-order valence-electron chi connectivity index (χ0n) is 12.6. The van der Waals surface area contributed by atoms with Gasteiger partial charge in [-0.3, -0.25) is 9.59 Å². The number of carbonyl (C=O) groups excluding carboxylic acids is 2. The molecule has 0 unspecified atom stereocenters. The first-order valence-electron chi connectivity index (χ1n) is 7.38. The van der Waals surface area contributed by atoms with Crippen molar-refractivity contribution in [2.24, 2.45) is 5.92 Å². The number of pyridine rings is 1. The molecule has 2 amide bonds. The number of nitrogens with one attached hydrogen (secondary N) is 2. The number of aryl methyl sites for hydroxylation is 1. The summed E-state index contributed by atoms with van der Waals surface area (Å²) in [4.78, 5) is 27.9. The van der Waals surface area contributed by atoms with Gasteiger partial charge in [-0.2, -0.15) is 0 Å². The van der Waals surface area contributed by atoms with Gasteiger partial charge in [0, 0.05) is 5.92 Å². The van der Waals surface area contributed by atoms with E-state index < -0.39 is 11.7 Å². The van der Waals surface area contributed by atoms with Crippen LogP contribution >= 0.6 is 0 Å². The van der Waals surface area contributed by atoms with Gasteiger partial charge < -0.3 is 10.6 Å². The predicted molar refractivity (Wildman–Crippen MR) is 84.7 cm³/mol. The third-order valence-electron chi connectivity index (χ3n) is 3.68. The van der Waals surface area contributed by atoms with Gasteiger partial charge >= 0.3 is 0 Å². The van der Waals surface area contributed by atoms with Gasteiger partial charge in [0.15, 0.2) is 0 Å². The Kier molecular flexibility index (Phi) is 4.06. The zero-order valence-corrected chi connectivity index (χ0v) is 12.6. The molecule has 1 saturated carbocycles. The number of carbonyl (C=O) groups is 2. The summed E-state index contributed by atoms with van der Waals surface area (Å²) in [5, 5.41) is 5.37. The van der Waals surface area contributed by atoms with E-state index in [9.17, 15) is 14.0 Å². The number of rotatable bonds is 4. The molecule has 1 heterocycles. The molecule has 0 bridgehead atoms. The van der Waals surface area contributed by atoms with E-state index >= 15 is 0 Å². The third kappa shape index (κ3) is 3.53. The van der Waals surface area contributed by atoms with Crippen LogP contribution in [0.25, 0.3) is 0 Å². The Bertz CT molecular complexity index is 772. The molecule has 6 heteroatoms. The molecule has 0 atom stereocenters. The molecular weight excluding hydrogens is 297 g/mol. The van der Waals surface area contributed by atoms with Crippen LogP contribution in [-0.4, -0.2) is 16.8 Å². The molecule has 23 heavy (non-hydrogen) atoms. The van der Waals surface area contributed by atoms with Gasteiger partial charge in [-0.05, 0) is 43.5 Å². The van der Waals surface area contributed by atoms with Crippen molar-refractivity contribution in [1.29, 1.82) is 0 Å². The smallest absolute Gasteiger partial charge is 0.258 e. The van der Waals surface area contributed by atoms with E-state index in [1.54, 1.807) is 19.1 Å². The molecule has 0 saturated heterocycles. The average molecular weight is 313 g/mol. The van der Waals surface area contributed by atoms with Gasteiger partial charge in [-0.25, -0.2) is 9.37 Å². The summed E-state index contributed by atoms with van der Waals surface area (Å²) in [6.07, 6.45) is 3.29. The van der Waals surface area contributed by atoms with E-state index in [2.05, 4.69) is 15.6 Å². The molecule has 5 nitrogen and oxygen atoms in total. The number of hydrogen-bond donors (Lipinski definition) is 2. The second-order valence-electron chi connectivity index (χ2n) is 5.58. The maximum absolute atomic E-state index is 13.6. The van der Waals surface area contributed by atoms with Crippen LogP contribution in [-0.2, 0) is 4.79 Å². The van der Waals surface area contributed by atoms with Crippen LogP contribution < -0.4 is 10.6 Å². The summed E-state index contributed by atoms with van der Waals surface area (Å²) < 4.78 is 13.6. The Labute approximate surface area is 132 Å². The third-order valence-corrected chi connectivity index (χ3v) is 3.68. The van der Waals surface area contributed by atoms with Crippen molar-refractivity contribution in [1.82, 2.24) is 4.98 Å². The fraction of sp³-hybridized carbons (Fsp3) is 0.235. The lowest BCUT2D eigenvalue weighted by molar-refractivity contribution is -0.117. The van der Waals surface area contributed by atoms with Crippen LogP contribution in [0.4, 0.5) is 15.9 Å². The molecule has 1 aliphatic rings. The second-order valence-corrected chi connectivity index (χ2v) is 5.58. The molecule has 0 spiro atoms. The highest BCUT2D eigenvalue weighted by Crippen LogP contribution is 2.30. The van der Waals surface area contributed by atoms with Crippen molar-refractivity contribution in [2.45, 2.75) is 19.8 Å². The van der Waals surface area contributed by atoms with E-state index in [-0.39, 0.29) is 17.4 Å². The largest absolute Gasteiger partial charge is 0.320 e. The molecule has 1 aliphatic carbocycles. The average Bonchev–Trinajstić information content (AvgIpc) is 3.35. The first-order chi connectivity index (χ1) is 11.0. The number of aromatic nitrogens is 1. The van der Waals surface area contributed by atoms with E-state index in [0.29, 0.717) is 11.5 Å². The lowest BCUT2D eigenvalue weighted by Crippen LogP contribution is -2.16.